The largest absolute Gasteiger partial charge is 0.350 e. The molecule has 4 amide bonds. The van der Waals surface area contributed by atoms with Gasteiger partial charge in [-0.1, -0.05) is 42.3 Å². The Bertz CT molecular complexity index is 1260. The second kappa shape index (κ2) is 10.3. The molecule has 6 nitrogen and oxygen atoms in total. The topological polar surface area (TPSA) is 69.7 Å². The summed E-state index contributed by atoms with van der Waals surface area (Å²) in [5.41, 5.74) is 4.63. The van der Waals surface area contributed by atoms with Crippen molar-refractivity contribution in [1.29, 1.82) is 0 Å². The third-order valence-corrected chi connectivity index (χ3v) is 9.25. The number of hydrogen-bond donors (Lipinski definition) is 1. The molecule has 1 saturated heterocycles. The molecule has 3 aliphatic rings. The Hall–Kier alpha value is -2.77. The van der Waals surface area contributed by atoms with E-state index in [1.165, 1.54) is 9.81 Å². The van der Waals surface area contributed by atoms with Crippen LogP contribution in [0.1, 0.15) is 48.8 Å². The number of nitrogens with zero attached hydrogens (tertiary/aromatic N) is 2. The van der Waals surface area contributed by atoms with Gasteiger partial charge in [0.05, 0.1) is 17.0 Å². The van der Waals surface area contributed by atoms with Crippen LogP contribution in [-0.4, -0.2) is 34.7 Å². The van der Waals surface area contributed by atoms with Crippen molar-refractivity contribution in [1.82, 2.24) is 10.2 Å². The quantitative estimate of drug-likeness (QED) is 0.526. The van der Waals surface area contributed by atoms with Gasteiger partial charge in [0.2, 0.25) is 11.8 Å². The smallest absolute Gasteiger partial charge is 0.332 e. The van der Waals surface area contributed by atoms with Crippen molar-refractivity contribution < 1.29 is 14.4 Å². The van der Waals surface area contributed by atoms with Gasteiger partial charge in [0, 0.05) is 11.6 Å². The van der Waals surface area contributed by atoms with E-state index >= 15 is 0 Å². The zero-order valence-electron chi connectivity index (χ0n) is 20.6. The number of thioether (sulfide) groups is 1. The molecule has 2 aliphatic heterocycles. The molecule has 1 fully saturated rings. The summed E-state index contributed by atoms with van der Waals surface area (Å²) >= 11 is 7.84. The van der Waals surface area contributed by atoms with Crippen LogP contribution in [0.25, 0.3) is 0 Å². The predicted molar refractivity (Wildman–Crippen MR) is 144 cm³/mol. The molecule has 1 N–H and O–H groups in total. The molecule has 0 radical (unpaired) electrons. The van der Waals surface area contributed by atoms with E-state index in [-0.39, 0.29) is 30.3 Å². The van der Waals surface area contributed by atoms with Gasteiger partial charge in [-0.3, -0.25) is 9.59 Å². The van der Waals surface area contributed by atoms with Crippen molar-refractivity contribution in [3.8, 4) is 0 Å². The van der Waals surface area contributed by atoms with E-state index in [1.54, 1.807) is 22.7 Å². The molecule has 5 rings (SSSR count). The molecule has 0 bridgehead atoms. The van der Waals surface area contributed by atoms with Crippen LogP contribution in [0.5, 0.6) is 0 Å². The van der Waals surface area contributed by atoms with E-state index in [1.807, 2.05) is 50.2 Å². The number of rotatable bonds is 5. The summed E-state index contributed by atoms with van der Waals surface area (Å²) in [4.78, 5) is 44.8. The highest BCUT2D eigenvalue weighted by atomic mass is 35.5. The first-order valence-corrected chi connectivity index (χ1v) is 13.7. The Balaban J connectivity index is 1.44. The number of urea groups is 1. The van der Waals surface area contributed by atoms with Crippen LogP contribution in [0.3, 0.4) is 0 Å². The van der Waals surface area contributed by atoms with Gasteiger partial charge in [-0.2, -0.15) is 0 Å². The maximum atomic E-state index is 13.9. The fourth-order valence-corrected chi connectivity index (χ4v) is 7.06. The molecule has 1 aliphatic carbocycles. The van der Waals surface area contributed by atoms with E-state index < -0.39 is 11.9 Å². The van der Waals surface area contributed by atoms with E-state index in [0.717, 1.165) is 54.4 Å². The van der Waals surface area contributed by atoms with Crippen LogP contribution in [0.15, 0.2) is 52.9 Å². The van der Waals surface area contributed by atoms with E-state index in [2.05, 4.69) is 5.32 Å². The van der Waals surface area contributed by atoms with Gasteiger partial charge in [-0.15, -0.1) is 11.8 Å². The van der Waals surface area contributed by atoms with Gasteiger partial charge in [0.1, 0.15) is 6.54 Å². The Morgan fingerprint density at radius 3 is 2.61 bits per heavy atom. The highest BCUT2D eigenvalue weighted by Gasteiger charge is 2.53. The summed E-state index contributed by atoms with van der Waals surface area (Å²) in [6.07, 6.45) is 5.09. The molecule has 2 aromatic rings. The molecule has 2 atom stereocenters. The Labute approximate surface area is 221 Å². The number of amides is 4. The number of carbonyl (C=O) groups excluding carboxylic acids is 3. The average Bonchev–Trinajstić information content (AvgIpc) is 3.06. The maximum absolute atomic E-state index is 13.9. The fraction of sp³-hybridized carbons (Fsp3) is 0.393. The highest BCUT2D eigenvalue weighted by Crippen LogP contribution is 2.51. The molecule has 0 saturated carbocycles. The van der Waals surface area contributed by atoms with E-state index in [0.29, 0.717) is 10.7 Å². The predicted octanol–water partition coefficient (Wildman–Crippen LogP) is 5.95. The number of fused-ring (bicyclic) bond motifs is 2. The van der Waals surface area contributed by atoms with Gasteiger partial charge in [0.15, 0.2) is 0 Å². The highest BCUT2D eigenvalue weighted by molar-refractivity contribution is 8.04. The maximum Gasteiger partial charge on any atom is 0.332 e. The molecule has 2 aromatic carbocycles. The zero-order valence-corrected chi connectivity index (χ0v) is 22.1. The van der Waals surface area contributed by atoms with Crippen LogP contribution in [0.4, 0.5) is 10.5 Å². The lowest BCUT2D eigenvalue weighted by atomic mass is 9.91. The Morgan fingerprint density at radius 2 is 1.83 bits per heavy atom. The summed E-state index contributed by atoms with van der Waals surface area (Å²) in [5, 5.41) is 3.09. The molecular formula is C28H30ClN3O3S. The molecular weight excluding hydrogens is 494 g/mol. The van der Waals surface area contributed by atoms with Crippen LogP contribution < -0.4 is 10.2 Å². The normalized spacial score (nSPS) is 21.9. The van der Waals surface area contributed by atoms with Crippen molar-refractivity contribution >= 4 is 46.9 Å². The summed E-state index contributed by atoms with van der Waals surface area (Å²) in [6.45, 7) is 4.13. The lowest BCUT2D eigenvalue weighted by molar-refractivity contribution is -0.126. The molecule has 188 valence electrons. The molecule has 2 heterocycles. The van der Waals surface area contributed by atoms with Gasteiger partial charge in [-0.25, -0.2) is 9.69 Å². The summed E-state index contributed by atoms with van der Waals surface area (Å²) < 4.78 is 0. The molecule has 8 heteroatoms. The number of carbonyl (C=O) groups is 3. The molecule has 2 unspecified atom stereocenters. The minimum atomic E-state index is -0.442. The van der Waals surface area contributed by atoms with Crippen LogP contribution in [0, 0.1) is 19.8 Å². The van der Waals surface area contributed by atoms with Crippen LogP contribution in [-0.2, 0) is 16.1 Å². The fourth-order valence-electron chi connectivity index (χ4n) is 5.22. The minimum absolute atomic E-state index is 0.118. The van der Waals surface area contributed by atoms with Gasteiger partial charge < -0.3 is 10.2 Å². The summed E-state index contributed by atoms with van der Waals surface area (Å²) in [7, 11) is 0. The average molecular weight is 524 g/mol. The van der Waals surface area contributed by atoms with Crippen LogP contribution >= 0.6 is 23.4 Å². The number of anilines is 1. The second-order valence-electron chi connectivity index (χ2n) is 9.72. The number of benzene rings is 2. The number of imide groups is 1. The third-order valence-electron chi connectivity index (χ3n) is 7.36. The number of allylic oxidation sites excluding steroid dienone is 1. The zero-order chi connectivity index (χ0) is 25.4. The second-order valence-corrected chi connectivity index (χ2v) is 11.3. The number of aryl methyl sites for hydroxylation is 2. The first kappa shape index (κ1) is 24.9. The molecule has 0 aromatic heterocycles. The number of nitrogens with one attached hydrogen (secondary N) is 1. The number of halogens is 1. The number of hydrogen-bond acceptors (Lipinski definition) is 4. The Morgan fingerprint density at radius 1 is 1.06 bits per heavy atom. The first-order valence-electron chi connectivity index (χ1n) is 12.5. The Kier molecular flexibility index (Phi) is 7.13. The van der Waals surface area contributed by atoms with Crippen LogP contribution in [0.2, 0.25) is 5.02 Å². The lowest BCUT2D eigenvalue weighted by Crippen LogP contribution is -2.62. The summed E-state index contributed by atoms with van der Waals surface area (Å²) in [5.74, 6) is -0.877. The molecule has 36 heavy (non-hydrogen) atoms. The van der Waals surface area contributed by atoms with Gasteiger partial charge in [-0.05, 0) is 84.9 Å². The minimum Gasteiger partial charge on any atom is -0.350 e. The van der Waals surface area contributed by atoms with Gasteiger partial charge in [0.25, 0.3) is 0 Å². The lowest BCUT2D eigenvalue weighted by Gasteiger charge is -2.42. The molecule has 0 spiro atoms. The monoisotopic (exact) mass is 523 g/mol. The van der Waals surface area contributed by atoms with Crippen molar-refractivity contribution in [2.75, 3.05) is 11.4 Å². The van der Waals surface area contributed by atoms with E-state index in [9.17, 15) is 14.4 Å². The van der Waals surface area contributed by atoms with E-state index in [4.69, 9.17) is 11.6 Å². The first-order chi connectivity index (χ1) is 17.3. The van der Waals surface area contributed by atoms with Crippen molar-refractivity contribution in [3.05, 3.63) is 74.7 Å². The van der Waals surface area contributed by atoms with Crippen molar-refractivity contribution in [2.24, 2.45) is 5.92 Å². The SMILES string of the molecule is Cc1ccc(N2C(=O)C3C4=C(CCCCC4)SC3N(CC(=O)NCc3ccccc3Cl)C2=O)cc1C. The standard InChI is InChI=1S/C28H30ClN3O3S/c1-17-12-13-20(14-18(17)2)32-26(34)25-21-9-4-3-5-11-23(21)36-27(25)31(28(32)35)16-24(33)30-15-19-8-6-7-10-22(19)29/h6-8,10,12-14,25,27H,3-5,9,11,15-16H2,1-2H3,(H,30,33). The third kappa shape index (κ3) is 4.66. The van der Waals surface area contributed by atoms with Gasteiger partial charge >= 0.3 is 6.03 Å². The van der Waals surface area contributed by atoms with Crippen molar-refractivity contribution in [2.45, 2.75) is 57.9 Å². The van der Waals surface area contributed by atoms with Crippen molar-refractivity contribution in [3.63, 3.8) is 0 Å². The summed E-state index contributed by atoms with van der Waals surface area (Å²) in [6, 6.07) is 12.5.